The van der Waals surface area contributed by atoms with Crippen LogP contribution >= 0.6 is 0 Å². The molecule has 0 saturated heterocycles. The van der Waals surface area contributed by atoms with Gasteiger partial charge in [0.1, 0.15) is 5.75 Å². The molecule has 0 amide bonds. The van der Waals surface area contributed by atoms with Crippen LogP contribution in [0.2, 0.25) is 0 Å². The van der Waals surface area contributed by atoms with E-state index < -0.39 is 0 Å². The molecule has 0 radical (unpaired) electrons. The van der Waals surface area contributed by atoms with E-state index >= 15 is 0 Å². The highest BCUT2D eigenvalue weighted by molar-refractivity contribution is 6.08. The number of hydrogen-bond donors (Lipinski definition) is 0. The lowest BCUT2D eigenvalue weighted by Gasteiger charge is -2.11. The SMILES string of the molecule is CC=Cc1ccc(Oc2ccc(C(=O)c3ccccc3)cc2)c(OC)c1. The Kier molecular flexibility index (Phi) is 5.49. The van der Waals surface area contributed by atoms with Crippen LogP contribution in [-0.2, 0) is 0 Å². The summed E-state index contributed by atoms with van der Waals surface area (Å²) in [6.45, 7) is 1.97. The summed E-state index contributed by atoms with van der Waals surface area (Å²) in [5.41, 5.74) is 2.34. The second kappa shape index (κ2) is 8.17. The Morgan fingerprint density at radius 2 is 1.54 bits per heavy atom. The monoisotopic (exact) mass is 344 g/mol. The molecule has 0 spiro atoms. The largest absolute Gasteiger partial charge is 0.493 e. The maximum Gasteiger partial charge on any atom is 0.193 e. The molecule has 0 bridgehead atoms. The average molecular weight is 344 g/mol. The number of carbonyl (C=O) groups excluding carboxylic acids is 1. The third kappa shape index (κ3) is 4.01. The minimum atomic E-state index is -0.00886. The molecular weight excluding hydrogens is 324 g/mol. The fraction of sp³-hybridized carbons (Fsp3) is 0.0870. The van der Waals surface area contributed by atoms with E-state index in [0.717, 1.165) is 5.56 Å². The van der Waals surface area contributed by atoms with Gasteiger partial charge in [-0.05, 0) is 48.9 Å². The lowest BCUT2D eigenvalue weighted by Crippen LogP contribution is -2.00. The van der Waals surface area contributed by atoms with Crippen molar-refractivity contribution in [3.8, 4) is 17.2 Å². The number of ketones is 1. The van der Waals surface area contributed by atoms with Gasteiger partial charge in [-0.25, -0.2) is 0 Å². The minimum absolute atomic E-state index is 0.00886. The highest BCUT2D eigenvalue weighted by Gasteiger charge is 2.10. The lowest BCUT2D eigenvalue weighted by atomic mass is 10.0. The van der Waals surface area contributed by atoms with Crippen molar-refractivity contribution >= 4 is 11.9 Å². The van der Waals surface area contributed by atoms with E-state index in [0.29, 0.717) is 28.4 Å². The molecule has 0 N–H and O–H groups in total. The van der Waals surface area contributed by atoms with Crippen molar-refractivity contribution in [1.29, 1.82) is 0 Å². The van der Waals surface area contributed by atoms with Gasteiger partial charge in [-0.1, -0.05) is 48.6 Å². The van der Waals surface area contributed by atoms with Gasteiger partial charge in [0.15, 0.2) is 17.3 Å². The minimum Gasteiger partial charge on any atom is -0.493 e. The molecule has 0 unspecified atom stereocenters. The number of methoxy groups -OCH3 is 1. The summed E-state index contributed by atoms with van der Waals surface area (Å²) in [7, 11) is 1.61. The van der Waals surface area contributed by atoms with Crippen LogP contribution in [0.4, 0.5) is 0 Å². The van der Waals surface area contributed by atoms with Crippen molar-refractivity contribution in [3.63, 3.8) is 0 Å². The van der Waals surface area contributed by atoms with Gasteiger partial charge >= 0.3 is 0 Å². The van der Waals surface area contributed by atoms with Crippen molar-refractivity contribution in [2.24, 2.45) is 0 Å². The first-order valence-corrected chi connectivity index (χ1v) is 8.39. The molecule has 0 saturated carbocycles. The first-order valence-electron chi connectivity index (χ1n) is 8.39. The third-order valence-electron chi connectivity index (χ3n) is 3.93. The number of benzene rings is 3. The van der Waals surface area contributed by atoms with Crippen molar-refractivity contribution < 1.29 is 14.3 Å². The lowest BCUT2D eigenvalue weighted by molar-refractivity contribution is 0.103. The van der Waals surface area contributed by atoms with Crippen molar-refractivity contribution in [2.45, 2.75) is 6.92 Å². The van der Waals surface area contributed by atoms with Crippen LogP contribution in [0.25, 0.3) is 6.08 Å². The van der Waals surface area contributed by atoms with Crippen LogP contribution in [0.3, 0.4) is 0 Å². The Labute approximate surface area is 153 Å². The Morgan fingerprint density at radius 3 is 2.19 bits per heavy atom. The number of hydrogen-bond acceptors (Lipinski definition) is 3. The maximum absolute atomic E-state index is 12.4. The van der Waals surface area contributed by atoms with Gasteiger partial charge < -0.3 is 9.47 Å². The maximum atomic E-state index is 12.4. The molecule has 0 fully saturated rings. The summed E-state index contributed by atoms with van der Waals surface area (Å²) in [5, 5.41) is 0. The average Bonchev–Trinajstić information content (AvgIpc) is 2.70. The van der Waals surface area contributed by atoms with E-state index in [1.807, 2.05) is 67.6 Å². The van der Waals surface area contributed by atoms with E-state index in [-0.39, 0.29) is 5.78 Å². The number of ether oxygens (including phenoxy) is 2. The van der Waals surface area contributed by atoms with Gasteiger partial charge in [-0.3, -0.25) is 4.79 Å². The van der Waals surface area contributed by atoms with Gasteiger partial charge in [0.05, 0.1) is 7.11 Å². The Morgan fingerprint density at radius 1 is 0.846 bits per heavy atom. The zero-order chi connectivity index (χ0) is 18.4. The van der Waals surface area contributed by atoms with Gasteiger partial charge in [0.25, 0.3) is 0 Å². The Balaban J connectivity index is 1.78. The molecule has 3 nitrogen and oxygen atoms in total. The van der Waals surface area contributed by atoms with E-state index in [1.54, 1.807) is 31.4 Å². The molecule has 3 heteroatoms. The summed E-state index contributed by atoms with van der Waals surface area (Å²) in [6, 6.07) is 22.1. The quantitative estimate of drug-likeness (QED) is 0.534. The van der Waals surface area contributed by atoms with Crippen LogP contribution in [0.5, 0.6) is 17.2 Å². The van der Waals surface area contributed by atoms with Gasteiger partial charge in [-0.15, -0.1) is 0 Å². The number of carbonyl (C=O) groups is 1. The molecular formula is C23H20O3. The van der Waals surface area contributed by atoms with Gasteiger partial charge in [-0.2, -0.15) is 0 Å². The molecule has 0 aliphatic heterocycles. The molecule has 0 aromatic heterocycles. The molecule has 3 aromatic carbocycles. The van der Waals surface area contributed by atoms with Crippen LogP contribution in [0.1, 0.15) is 28.4 Å². The van der Waals surface area contributed by atoms with Crippen LogP contribution in [0, 0.1) is 0 Å². The zero-order valence-electron chi connectivity index (χ0n) is 14.8. The molecule has 0 heterocycles. The van der Waals surface area contributed by atoms with Crippen LogP contribution in [0.15, 0.2) is 78.9 Å². The summed E-state index contributed by atoms with van der Waals surface area (Å²) in [5.74, 6) is 1.92. The Bertz CT molecular complexity index is 910. The molecule has 26 heavy (non-hydrogen) atoms. The third-order valence-corrected chi connectivity index (χ3v) is 3.93. The fourth-order valence-electron chi connectivity index (χ4n) is 2.62. The van der Waals surface area contributed by atoms with E-state index in [2.05, 4.69) is 0 Å². The normalized spacial score (nSPS) is 10.7. The molecule has 0 aliphatic carbocycles. The van der Waals surface area contributed by atoms with Crippen molar-refractivity contribution in [2.75, 3.05) is 7.11 Å². The number of rotatable bonds is 6. The standard InChI is InChI=1S/C23H20O3/c1-3-7-17-10-15-21(22(16-17)25-2)26-20-13-11-19(12-14-20)23(24)18-8-5-4-6-9-18/h3-16H,1-2H3. The smallest absolute Gasteiger partial charge is 0.193 e. The first kappa shape index (κ1) is 17.5. The highest BCUT2D eigenvalue weighted by atomic mass is 16.5. The first-order chi connectivity index (χ1) is 12.7. The van der Waals surface area contributed by atoms with E-state index in [9.17, 15) is 4.79 Å². The van der Waals surface area contributed by atoms with E-state index in [1.165, 1.54) is 0 Å². The summed E-state index contributed by atoms with van der Waals surface area (Å²) in [4.78, 5) is 12.4. The van der Waals surface area contributed by atoms with E-state index in [4.69, 9.17) is 9.47 Å². The summed E-state index contributed by atoms with van der Waals surface area (Å²) >= 11 is 0. The molecule has 130 valence electrons. The van der Waals surface area contributed by atoms with Crippen LogP contribution < -0.4 is 9.47 Å². The predicted molar refractivity (Wildman–Crippen MR) is 104 cm³/mol. The topological polar surface area (TPSA) is 35.5 Å². The second-order valence-corrected chi connectivity index (χ2v) is 5.73. The molecule has 0 aliphatic rings. The zero-order valence-corrected chi connectivity index (χ0v) is 14.8. The second-order valence-electron chi connectivity index (χ2n) is 5.73. The number of allylic oxidation sites excluding steroid dienone is 1. The Hall–Kier alpha value is -3.33. The van der Waals surface area contributed by atoms with Crippen molar-refractivity contribution in [1.82, 2.24) is 0 Å². The fourth-order valence-corrected chi connectivity index (χ4v) is 2.62. The predicted octanol–water partition coefficient (Wildman–Crippen LogP) is 5.75. The summed E-state index contributed by atoms with van der Waals surface area (Å²) in [6.07, 6.45) is 3.97. The van der Waals surface area contributed by atoms with Gasteiger partial charge in [0.2, 0.25) is 0 Å². The highest BCUT2D eigenvalue weighted by Crippen LogP contribution is 2.32. The molecule has 3 rings (SSSR count). The summed E-state index contributed by atoms with van der Waals surface area (Å²) < 4.78 is 11.3. The van der Waals surface area contributed by atoms with Crippen LogP contribution in [-0.4, -0.2) is 12.9 Å². The van der Waals surface area contributed by atoms with Gasteiger partial charge in [0, 0.05) is 11.1 Å². The molecule has 0 atom stereocenters. The molecule has 3 aromatic rings. The van der Waals surface area contributed by atoms with Crippen molar-refractivity contribution in [3.05, 3.63) is 95.6 Å².